The molecule has 0 aliphatic carbocycles. The molecule has 2 atom stereocenters. The zero-order valence-corrected chi connectivity index (χ0v) is 23.8. The number of nitrogens with zero attached hydrogens (tertiary/aromatic N) is 4. The molecule has 0 spiro atoms. The molecular formula is C33H38N4O4. The Labute approximate surface area is 241 Å². The van der Waals surface area contributed by atoms with E-state index in [1.54, 1.807) is 18.2 Å². The van der Waals surface area contributed by atoms with Gasteiger partial charge in [0.2, 0.25) is 0 Å². The molecule has 1 saturated heterocycles. The van der Waals surface area contributed by atoms with Crippen molar-refractivity contribution in [3.05, 3.63) is 87.5 Å². The van der Waals surface area contributed by atoms with Crippen molar-refractivity contribution in [3.63, 3.8) is 0 Å². The van der Waals surface area contributed by atoms with E-state index < -0.39 is 12.3 Å². The summed E-state index contributed by atoms with van der Waals surface area (Å²) < 4.78 is 7.57. The first-order valence-corrected chi connectivity index (χ1v) is 14.7. The van der Waals surface area contributed by atoms with Gasteiger partial charge in [0, 0.05) is 55.1 Å². The van der Waals surface area contributed by atoms with Crippen molar-refractivity contribution in [3.8, 4) is 11.8 Å². The molecular weight excluding hydrogens is 516 g/mol. The second kappa shape index (κ2) is 11.8. The van der Waals surface area contributed by atoms with Crippen LogP contribution in [0, 0.1) is 18.8 Å². The maximum atomic E-state index is 13.2. The molecule has 214 valence electrons. The Morgan fingerprint density at radius 2 is 1.85 bits per heavy atom. The number of benzene rings is 2. The number of aromatic nitrogens is 2. The molecule has 6 rings (SSSR count). The molecule has 4 heterocycles. The fourth-order valence-corrected chi connectivity index (χ4v) is 6.37. The Morgan fingerprint density at radius 3 is 2.61 bits per heavy atom. The number of aliphatic hydroxyl groups is 2. The highest BCUT2D eigenvalue weighted by molar-refractivity contribution is 5.78. The van der Waals surface area contributed by atoms with Gasteiger partial charge in [-0.15, -0.1) is 0 Å². The fraction of sp³-hybridized carbons (Fsp3) is 0.455. The average molecular weight is 555 g/mol. The molecule has 2 N–H and O–H groups in total. The zero-order valence-electron chi connectivity index (χ0n) is 23.8. The number of rotatable bonds is 6. The second-order valence-electron chi connectivity index (χ2n) is 11.4. The highest BCUT2D eigenvalue weighted by Gasteiger charge is 2.42. The summed E-state index contributed by atoms with van der Waals surface area (Å²) in [6, 6.07) is 11.6. The van der Waals surface area contributed by atoms with E-state index in [1.165, 1.54) is 5.56 Å². The number of carbonyl (C=O) groups excluding carboxylic acids is 1. The number of aliphatic hydroxyl groups excluding tert-OH is 2. The molecule has 8 nitrogen and oxygen atoms in total. The van der Waals surface area contributed by atoms with Crippen LogP contribution >= 0.6 is 0 Å². The van der Waals surface area contributed by atoms with Gasteiger partial charge in [-0.1, -0.05) is 24.0 Å². The van der Waals surface area contributed by atoms with Gasteiger partial charge in [0.15, 0.2) is 6.04 Å². The fourth-order valence-electron chi connectivity index (χ4n) is 6.37. The number of hydrogen-bond donors (Lipinski definition) is 2. The topological polar surface area (TPSA) is 91.1 Å². The average Bonchev–Trinajstić information content (AvgIpc) is 3.67. The summed E-state index contributed by atoms with van der Waals surface area (Å²) in [5.41, 5.74) is 7.56. The van der Waals surface area contributed by atoms with Gasteiger partial charge in [-0.2, -0.15) is 0 Å². The number of ether oxygens (including phenoxy) is 1. The Morgan fingerprint density at radius 1 is 1.10 bits per heavy atom. The van der Waals surface area contributed by atoms with E-state index in [0.29, 0.717) is 12.2 Å². The van der Waals surface area contributed by atoms with Crippen molar-refractivity contribution in [2.45, 2.75) is 77.5 Å². The van der Waals surface area contributed by atoms with Gasteiger partial charge in [0.1, 0.15) is 6.23 Å². The molecule has 41 heavy (non-hydrogen) atoms. The molecule has 3 aliphatic rings. The highest BCUT2D eigenvalue weighted by atomic mass is 16.5. The standard InChI is InChI=1S/C33H38N4O4/c1-3-41-33(40)31(30-29-5-4-14-36(29)21-34-30)37-20-28-22(2)17-25(18-27(28)32(37)39)11-8-23-6-9-24(10-7-23)19-35-15-12-26(38)13-16-35/h6-7,9-10,17-18,21,26,31-32,38-39H,3-5,12-16,19-20H2,1-2H3/t31?,32-/m0/s1. The minimum Gasteiger partial charge on any atom is -0.465 e. The van der Waals surface area contributed by atoms with Crippen molar-refractivity contribution < 1.29 is 19.7 Å². The molecule has 0 bridgehead atoms. The van der Waals surface area contributed by atoms with Gasteiger partial charge < -0.3 is 19.5 Å². The Balaban J connectivity index is 1.20. The monoisotopic (exact) mass is 554 g/mol. The van der Waals surface area contributed by atoms with Crippen molar-refractivity contribution in [1.82, 2.24) is 19.4 Å². The first-order chi connectivity index (χ1) is 19.9. The van der Waals surface area contributed by atoms with Crippen LogP contribution in [0.25, 0.3) is 0 Å². The van der Waals surface area contributed by atoms with Gasteiger partial charge in [-0.25, -0.2) is 9.78 Å². The van der Waals surface area contributed by atoms with Crippen molar-refractivity contribution in [1.29, 1.82) is 0 Å². The molecule has 3 aliphatic heterocycles. The van der Waals surface area contributed by atoms with Crippen LogP contribution in [0.5, 0.6) is 0 Å². The number of fused-ring (bicyclic) bond motifs is 2. The number of likely N-dealkylation sites (tertiary alicyclic amines) is 1. The lowest BCUT2D eigenvalue weighted by molar-refractivity contribution is -0.155. The third-order valence-electron chi connectivity index (χ3n) is 8.60. The Bertz CT molecular complexity index is 1480. The molecule has 0 amide bonds. The smallest absolute Gasteiger partial charge is 0.329 e. The minimum atomic E-state index is -0.964. The van der Waals surface area contributed by atoms with Crippen LogP contribution in [0.3, 0.4) is 0 Å². The van der Waals surface area contributed by atoms with Gasteiger partial charge in [-0.05, 0) is 80.5 Å². The van der Waals surface area contributed by atoms with Gasteiger partial charge in [-0.3, -0.25) is 9.80 Å². The van der Waals surface area contributed by atoms with Crippen LogP contribution in [0.4, 0.5) is 0 Å². The lowest BCUT2D eigenvalue weighted by Gasteiger charge is -2.29. The Hall–Kier alpha value is -3.48. The summed E-state index contributed by atoms with van der Waals surface area (Å²) in [5, 5.41) is 21.2. The second-order valence-corrected chi connectivity index (χ2v) is 11.4. The van der Waals surface area contributed by atoms with Gasteiger partial charge >= 0.3 is 5.97 Å². The third-order valence-corrected chi connectivity index (χ3v) is 8.60. The van der Waals surface area contributed by atoms with Crippen LogP contribution in [0.15, 0.2) is 42.7 Å². The lowest BCUT2D eigenvalue weighted by atomic mass is 10.00. The largest absolute Gasteiger partial charge is 0.465 e. The summed E-state index contributed by atoms with van der Waals surface area (Å²) in [4.78, 5) is 22.0. The lowest BCUT2D eigenvalue weighted by Crippen LogP contribution is -2.35. The maximum absolute atomic E-state index is 13.2. The molecule has 1 fully saturated rings. The molecule has 0 radical (unpaired) electrons. The van der Waals surface area contributed by atoms with Crippen molar-refractivity contribution in [2.24, 2.45) is 0 Å². The summed E-state index contributed by atoms with van der Waals surface area (Å²) in [7, 11) is 0. The van der Waals surface area contributed by atoms with Crippen LogP contribution < -0.4 is 0 Å². The summed E-state index contributed by atoms with van der Waals surface area (Å²) >= 11 is 0. The number of hydrogen-bond acceptors (Lipinski definition) is 7. The van der Waals surface area contributed by atoms with E-state index in [0.717, 1.165) is 85.4 Å². The first kappa shape index (κ1) is 27.7. The number of esters is 1. The van der Waals surface area contributed by atoms with Crippen molar-refractivity contribution in [2.75, 3.05) is 19.7 Å². The molecule has 1 unspecified atom stereocenters. The molecule has 2 aromatic carbocycles. The predicted molar refractivity (Wildman–Crippen MR) is 155 cm³/mol. The molecule has 0 saturated carbocycles. The first-order valence-electron chi connectivity index (χ1n) is 14.7. The van der Waals surface area contributed by atoms with Gasteiger partial charge in [0.25, 0.3) is 0 Å². The molecule has 8 heteroatoms. The van der Waals surface area contributed by atoms with E-state index >= 15 is 0 Å². The van der Waals surface area contributed by atoms with Crippen LogP contribution in [-0.4, -0.2) is 61.3 Å². The number of carbonyl (C=O) groups is 1. The van der Waals surface area contributed by atoms with Crippen LogP contribution in [0.1, 0.15) is 83.2 Å². The summed E-state index contributed by atoms with van der Waals surface area (Å²) in [5.74, 6) is 6.17. The normalized spacial score (nSPS) is 19.9. The van der Waals surface area contributed by atoms with E-state index in [4.69, 9.17) is 4.74 Å². The summed E-state index contributed by atoms with van der Waals surface area (Å²) in [6.45, 7) is 8.16. The van der Waals surface area contributed by atoms with Crippen LogP contribution in [-0.2, 0) is 35.6 Å². The third kappa shape index (κ3) is 5.68. The number of aryl methyl sites for hydroxylation is 2. The maximum Gasteiger partial charge on any atom is 0.329 e. The Kier molecular flexibility index (Phi) is 7.96. The summed E-state index contributed by atoms with van der Waals surface area (Å²) in [6.07, 6.45) is 4.24. The van der Waals surface area contributed by atoms with E-state index in [-0.39, 0.29) is 18.7 Å². The highest BCUT2D eigenvalue weighted by Crippen LogP contribution is 2.41. The molecule has 1 aromatic heterocycles. The quantitative estimate of drug-likeness (QED) is 0.355. The van der Waals surface area contributed by atoms with E-state index in [1.807, 2.05) is 25.1 Å². The SMILES string of the molecule is CCOC(=O)C(c1ncn2c1CCC2)N1Cc2c(C)cc(C#Cc3ccc(CN4CCC(O)CC4)cc3)cc2[C@@H]1O. The van der Waals surface area contributed by atoms with Crippen molar-refractivity contribution >= 4 is 5.97 Å². The number of imidazole rings is 1. The zero-order chi connectivity index (χ0) is 28.5. The van der Waals surface area contributed by atoms with Crippen LogP contribution in [0.2, 0.25) is 0 Å². The van der Waals surface area contributed by atoms with Gasteiger partial charge in [0.05, 0.1) is 24.7 Å². The van der Waals surface area contributed by atoms with E-state index in [2.05, 4.69) is 44.5 Å². The molecule has 3 aromatic rings. The van der Waals surface area contributed by atoms with E-state index in [9.17, 15) is 15.0 Å². The number of piperidine rings is 1. The minimum absolute atomic E-state index is 0.160. The predicted octanol–water partition coefficient (Wildman–Crippen LogP) is 3.61.